The molecule has 20 heavy (non-hydrogen) atoms. The number of hydrogen-bond acceptors (Lipinski definition) is 8. The van der Waals surface area contributed by atoms with Gasteiger partial charge in [-0.2, -0.15) is 0 Å². The molecule has 0 saturated heterocycles. The summed E-state index contributed by atoms with van der Waals surface area (Å²) in [5, 5.41) is 66.4. The molecule has 0 aliphatic rings. The smallest absolute Gasteiger partial charge is 0.121 e. The molecule has 0 aromatic rings. The Bertz CT molecular complexity index is 81.5. The van der Waals surface area contributed by atoms with Crippen LogP contribution in [0, 0.1) is 0 Å². The molecule has 0 unspecified atom stereocenters. The van der Waals surface area contributed by atoms with Crippen molar-refractivity contribution in [2.45, 2.75) is 0 Å². The van der Waals surface area contributed by atoms with Crippen LogP contribution < -0.4 is 40.2 Å². The van der Waals surface area contributed by atoms with Crippen molar-refractivity contribution < 1.29 is 147 Å². The zero-order chi connectivity index (χ0) is 14.3. The minimum absolute atomic E-state index is 0. The molecule has 0 saturated carbocycles. The van der Waals surface area contributed by atoms with Crippen LogP contribution in [-0.4, -0.2) is 29.6 Å². The van der Waals surface area contributed by atoms with Crippen LogP contribution in [0.4, 0.5) is 17.3 Å². The van der Waals surface area contributed by atoms with Gasteiger partial charge >= 0.3 is 0 Å². The van der Waals surface area contributed by atoms with Gasteiger partial charge in [0.25, 0.3) is 0 Å². The Morgan fingerprint density at radius 2 is 0.350 bits per heavy atom. The summed E-state index contributed by atoms with van der Waals surface area (Å²) in [6, 6.07) is 0. The molecule has 0 aromatic heterocycles. The minimum atomic E-state index is -3.17. The van der Waals surface area contributed by atoms with Crippen molar-refractivity contribution >= 4 is 29.6 Å². The fraction of sp³-hybridized carbons (Fsp3) is 0. The van der Waals surface area contributed by atoms with Gasteiger partial charge in [0.05, 0.1) is 0 Å². The van der Waals surface area contributed by atoms with Gasteiger partial charge in [0.2, 0.25) is 0 Å². The summed E-state index contributed by atoms with van der Waals surface area (Å²) in [6.07, 6.45) is 0. The average molecular weight is 679 g/mol. The standard InChI is InChI=1S/4Ag.4BFO2/c;;;;4*2-1(3)4/q;;;;4*-2. The van der Waals surface area contributed by atoms with Gasteiger partial charge in [-0.05, 0) is 0 Å². The van der Waals surface area contributed by atoms with E-state index >= 15 is 0 Å². The maximum absolute atomic E-state index is 9.89. The molecule has 0 heterocycles. The predicted octanol–water partition coefficient (Wildman–Crippen LogP) is -9.36. The Kier molecular flexibility index (Phi) is 106. The third-order valence-electron chi connectivity index (χ3n) is 0. The van der Waals surface area contributed by atoms with E-state index in [2.05, 4.69) is 0 Å². The maximum atomic E-state index is 9.89. The molecule has 0 spiro atoms. The molecule has 8 nitrogen and oxygen atoms in total. The van der Waals surface area contributed by atoms with Gasteiger partial charge in [-0.15, -0.1) is 0 Å². The molecule has 0 N–H and O–H groups in total. The average Bonchev–Trinajstić information content (AvgIpc) is 1.76. The molecular formula is Ag4B4F4O8-8. The molecule has 0 atom stereocenters. The van der Waals surface area contributed by atoms with E-state index in [-0.39, 0.29) is 89.5 Å². The van der Waals surface area contributed by atoms with Crippen molar-refractivity contribution in [2.24, 2.45) is 0 Å². The molecule has 0 aliphatic carbocycles. The Labute approximate surface area is 175 Å². The molecule has 0 aliphatic heterocycles. The SMILES string of the molecule is [Ag].[Ag].[Ag].[Ag].[O-]B([O-])F.[O-]B([O-])F.[O-]B([O-])F.[O-]B([O-])F. The normalized spacial score (nSPS) is 5.40. The maximum Gasteiger partial charge on any atom is 0.121 e. The topological polar surface area (TPSA) is 184 Å². The molecule has 4 radical (unpaired) electrons. The Balaban J connectivity index is -0.0000000150. The van der Waals surface area contributed by atoms with Gasteiger partial charge in [0.1, 0.15) is 29.6 Å². The van der Waals surface area contributed by atoms with E-state index in [1.807, 2.05) is 0 Å². The molecule has 0 bridgehead atoms. The summed E-state index contributed by atoms with van der Waals surface area (Å²) in [5.74, 6) is 0. The summed E-state index contributed by atoms with van der Waals surface area (Å²) < 4.78 is 39.6. The van der Waals surface area contributed by atoms with Gasteiger partial charge in [-0.3, -0.25) is 0 Å². The van der Waals surface area contributed by atoms with Crippen molar-refractivity contribution in [3.63, 3.8) is 0 Å². The van der Waals surface area contributed by atoms with Crippen LogP contribution in [0.5, 0.6) is 0 Å². The van der Waals surface area contributed by atoms with Crippen LogP contribution in [0.3, 0.4) is 0 Å². The fourth-order valence-corrected chi connectivity index (χ4v) is 0. The second kappa shape index (κ2) is 43.0. The first kappa shape index (κ1) is 49.5. The largest absolute Gasteiger partial charge is 0.867 e. The first-order valence-electron chi connectivity index (χ1n) is 2.76. The fourth-order valence-electron chi connectivity index (χ4n) is 0. The van der Waals surface area contributed by atoms with E-state index in [0.29, 0.717) is 0 Å². The van der Waals surface area contributed by atoms with Crippen molar-refractivity contribution in [1.82, 2.24) is 0 Å². The van der Waals surface area contributed by atoms with Gasteiger partial charge < -0.3 is 57.5 Å². The summed E-state index contributed by atoms with van der Waals surface area (Å²) >= 11 is 0. The number of rotatable bonds is 0. The monoisotopic (exact) mass is 676 g/mol. The summed E-state index contributed by atoms with van der Waals surface area (Å²) in [7, 11) is -12.7. The second-order valence-electron chi connectivity index (χ2n) is 1.10. The van der Waals surface area contributed by atoms with Crippen molar-refractivity contribution in [3.8, 4) is 0 Å². The van der Waals surface area contributed by atoms with Gasteiger partial charge in [0, 0.05) is 89.5 Å². The number of hydrogen-bond donors (Lipinski definition) is 0. The zero-order valence-electron chi connectivity index (χ0n) is 8.29. The molecule has 140 valence electrons. The third-order valence-corrected chi connectivity index (χ3v) is 0. The molecule has 0 fully saturated rings. The predicted molar refractivity (Wildman–Crippen MR) is 27.4 cm³/mol. The van der Waals surface area contributed by atoms with Crippen molar-refractivity contribution in [1.29, 1.82) is 0 Å². The third kappa shape index (κ3) is 1160. The molecule has 0 aromatic carbocycles. The molecular weight excluding hydrogens is 679 g/mol. The van der Waals surface area contributed by atoms with Gasteiger partial charge in [-0.1, -0.05) is 0 Å². The van der Waals surface area contributed by atoms with E-state index in [1.165, 1.54) is 0 Å². The van der Waals surface area contributed by atoms with E-state index in [9.17, 15) is 17.3 Å². The summed E-state index contributed by atoms with van der Waals surface area (Å²) in [6.45, 7) is 0. The molecule has 20 heteroatoms. The molecule has 0 rings (SSSR count). The van der Waals surface area contributed by atoms with E-state index in [1.54, 1.807) is 0 Å². The quantitative estimate of drug-likeness (QED) is 0.179. The first-order valence-corrected chi connectivity index (χ1v) is 2.76. The molecule has 0 amide bonds. The van der Waals surface area contributed by atoms with Crippen molar-refractivity contribution in [3.05, 3.63) is 0 Å². The summed E-state index contributed by atoms with van der Waals surface area (Å²) in [4.78, 5) is 0. The van der Waals surface area contributed by atoms with E-state index in [0.717, 1.165) is 0 Å². The minimum Gasteiger partial charge on any atom is -0.867 e. The number of halogens is 4. The van der Waals surface area contributed by atoms with Gasteiger partial charge in [-0.25, -0.2) is 0 Å². The van der Waals surface area contributed by atoms with Crippen LogP contribution >= 0.6 is 0 Å². The van der Waals surface area contributed by atoms with Crippen molar-refractivity contribution in [2.75, 3.05) is 0 Å². The van der Waals surface area contributed by atoms with Crippen LogP contribution in [0.25, 0.3) is 0 Å². The summed E-state index contributed by atoms with van der Waals surface area (Å²) in [5.41, 5.74) is 0. The van der Waals surface area contributed by atoms with E-state index in [4.69, 9.17) is 40.2 Å². The Morgan fingerprint density at radius 1 is 0.350 bits per heavy atom. The van der Waals surface area contributed by atoms with Crippen LogP contribution in [0.2, 0.25) is 0 Å². The van der Waals surface area contributed by atoms with Crippen LogP contribution in [-0.2, 0) is 89.5 Å². The first-order chi connectivity index (χ1) is 6.93. The van der Waals surface area contributed by atoms with Gasteiger partial charge in [0.15, 0.2) is 0 Å². The van der Waals surface area contributed by atoms with Crippen LogP contribution in [0.1, 0.15) is 0 Å². The Hall–Kier alpha value is 2.62. The Morgan fingerprint density at radius 3 is 0.350 bits per heavy atom. The van der Waals surface area contributed by atoms with Crippen LogP contribution in [0.15, 0.2) is 0 Å². The van der Waals surface area contributed by atoms with E-state index < -0.39 is 29.6 Å². The zero-order valence-corrected chi connectivity index (χ0v) is 14.2. The second-order valence-corrected chi connectivity index (χ2v) is 1.10.